The van der Waals surface area contributed by atoms with Gasteiger partial charge in [-0.2, -0.15) is 0 Å². The quantitative estimate of drug-likeness (QED) is 0.370. The highest BCUT2D eigenvalue weighted by Crippen LogP contribution is 2.17. The number of hydrogen-bond donors (Lipinski definition) is 2. The Bertz CT molecular complexity index is 647. The Morgan fingerprint density at radius 3 is 2.60 bits per heavy atom. The standard InChI is InChI=1S/C17H30N4O3S/c1-5-24-16-11-8-7-10-15(16)14-20-17(18-3)19-12-9-13-21(4)25(22,23)6-2/h7-8,10-11H,5-6,9,12-14H2,1-4H3,(H2,18,19,20). The van der Waals surface area contributed by atoms with E-state index in [1.807, 2.05) is 31.2 Å². The number of aliphatic imine (C=N–C) groups is 1. The molecule has 0 amide bonds. The fourth-order valence-corrected chi connectivity index (χ4v) is 3.06. The van der Waals surface area contributed by atoms with Crippen molar-refractivity contribution in [3.8, 4) is 5.75 Å². The van der Waals surface area contributed by atoms with E-state index in [2.05, 4.69) is 15.6 Å². The van der Waals surface area contributed by atoms with Gasteiger partial charge in [-0.1, -0.05) is 18.2 Å². The van der Waals surface area contributed by atoms with Gasteiger partial charge in [0.1, 0.15) is 5.75 Å². The number of rotatable bonds is 10. The summed E-state index contributed by atoms with van der Waals surface area (Å²) in [6.45, 7) is 5.94. The maximum atomic E-state index is 11.7. The molecule has 25 heavy (non-hydrogen) atoms. The Balaban J connectivity index is 2.41. The first-order valence-corrected chi connectivity index (χ1v) is 10.1. The fourth-order valence-electron chi connectivity index (χ4n) is 2.21. The summed E-state index contributed by atoms with van der Waals surface area (Å²) in [5.74, 6) is 1.66. The number of sulfonamides is 1. The second kappa shape index (κ2) is 10.9. The number of benzene rings is 1. The fraction of sp³-hybridized carbons (Fsp3) is 0.588. The van der Waals surface area contributed by atoms with Crippen LogP contribution < -0.4 is 15.4 Å². The molecule has 0 atom stereocenters. The molecule has 0 bridgehead atoms. The molecule has 1 aromatic carbocycles. The molecule has 1 aromatic rings. The molecule has 0 saturated carbocycles. The van der Waals surface area contributed by atoms with E-state index in [0.717, 1.165) is 11.3 Å². The van der Waals surface area contributed by atoms with Gasteiger partial charge >= 0.3 is 0 Å². The van der Waals surface area contributed by atoms with Crippen molar-refractivity contribution >= 4 is 16.0 Å². The van der Waals surface area contributed by atoms with Gasteiger partial charge in [0.15, 0.2) is 5.96 Å². The van der Waals surface area contributed by atoms with Crippen LogP contribution in [0.2, 0.25) is 0 Å². The van der Waals surface area contributed by atoms with Gasteiger partial charge in [-0.25, -0.2) is 12.7 Å². The zero-order valence-corrected chi connectivity index (χ0v) is 16.4. The molecule has 0 radical (unpaired) electrons. The van der Waals surface area contributed by atoms with Crippen LogP contribution in [-0.2, 0) is 16.6 Å². The minimum Gasteiger partial charge on any atom is -0.494 e. The van der Waals surface area contributed by atoms with E-state index in [4.69, 9.17) is 4.74 Å². The largest absolute Gasteiger partial charge is 0.494 e. The van der Waals surface area contributed by atoms with E-state index in [9.17, 15) is 8.42 Å². The molecule has 8 heteroatoms. The minimum absolute atomic E-state index is 0.124. The van der Waals surface area contributed by atoms with Crippen LogP contribution in [0, 0.1) is 0 Å². The van der Waals surface area contributed by atoms with Crippen LogP contribution in [0.4, 0.5) is 0 Å². The summed E-state index contributed by atoms with van der Waals surface area (Å²) in [6.07, 6.45) is 0.700. The number of nitrogens with one attached hydrogen (secondary N) is 2. The normalized spacial score (nSPS) is 12.3. The molecular formula is C17H30N4O3S. The Hall–Kier alpha value is -1.80. The Morgan fingerprint density at radius 1 is 1.24 bits per heavy atom. The second-order valence-electron chi connectivity index (χ2n) is 5.47. The Labute approximate surface area is 151 Å². The van der Waals surface area contributed by atoms with Crippen molar-refractivity contribution < 1.29 is 13.2 Å². The van der Waals surface area contributed by atoms with Crippen molar-refractivity contribution in [2.45, 2.75) is 26.8 Å². The van der Waals surface area contributed by atoms with Gasteiger partial charge in [0.25, 0.3) is 0 Å². The summed E-state index contributed by atoms with van der Waals surface area (Å²) in [7, 11) is 0.198. The lowest BCUT2D eigenvalue weighted by Gasteiger charge is -2.17. The molecule has 0 aromatic heterocycles. The van der Waals surface area contributed by atoms with E-state index in [-0.39, 0.29) is 5.75 Å². The predicted octanol–water partition coefficient (Wildman–Crippen LogP) is 1.42. The van der Waals surface area contributed by atoms with E-state index in [1.165, 1.54) is 4.31 Å². The molecule has 0 saturated heterocycles. The van der Waals surface area contributed by atoms with Gasteiger partial charge in [0, 0.05) is 39.3 Å². The van der Waals surface area contributed by atoms with E-state index in [0.29, 0.717) is 38.6 Å². The smallest absolute Gasteiger partial charge is 0.213 e. The number of nitrogens with zero attached hydrogens (tertiary/aromatic N) is 2. The molecule has 0 aliphatic heterocycles. The average molecular weight is 371 g/mol. The molecule has 0 aliphatic carbocycles. The highest BCUT2D eigenvalue weighted by molar-refractivity contribution is 7.89. The third kappa shape index (κ3) is 7.31. The average Bonchev–Trinajstić information content (AvgIpc) is 2.62. The van der Waals surface area contributed by atoms with Gasteiger partial charge in [0.2, 0.25) is 10.0 Å². The predicted molar refractivity (Wildman–Crippen MR) is 103 cm³/mol. The molecule has 2 N–H and O–H groups in total. The highest BCUT2D eigenvalue weighted by atomic mass is 32.2. The molecule has 0 unspecified atom stereocenters. The zero-order chi connectivity index (χ0) is 18.7. The van der Waals surface area contributed by atoms with Crippen LogP contribution in [0.15, 0.2) is 29.3 Å². The number of guanidine groups is 1. The van der Waals surface area contributed by atoms with Crippen LogP contribution in [0.3, 0.4) is 0 Å². The topological polar surface area (TPSA) is 83.0 Å². The van der Waals surface area contributed by atoms with Gasteiger partial charge in [-0.15, -0.1) is 0 Å². The SMILES string of the molecule is CCOc1ccccc1CNC(=NC)NCCCN(C)S(=O)(=O)CC. The van der Waals surface area contributed by atoms with E-state index in [1.54, 1.807) is 21.0 Å². The lowest BCUT2D eigenvalue weighted by Crippen LogP contribution is -2.38. The van der Waals surface area contributed by atoms with Crippen LogP contribution in [-0.4, -0.2) is 58.2 Å². The molecule has 0 aliphatic rings. The molecular weight excluding hydrogens is 340 g/mol. The molecule has 1 rings (SSSR count). The third-order valence-corrected chi connectivity index (χ3v) is 5.59. The number of hydrogen-bond acceptors (Lipinski definition) is 4. The monoisotopic (exact) mass is 370 g/mol. The Kier molecular flexibility index (Phi) is 9.30. The lowest BCUT2D eigenvalue weighted by atomic mass is 10.2. The second-order valence-corrected chi connectivity index (χ2v) is 7.83. The van der Waals surface area contributed by atoms with Crippen molar-refractivity contribution in [1.29, 1.82) is 0 Å². The molecule has 0 fully saturated rings. The first-order chi connectivity index (χ1) is 11.9. The summed E-state index contributed by atoms with van der Waals surface area (Å²) in [4.78, 5) is 4.18. The third-order valence-electron chi connectivity index (χ3n) is 3.72. The van der Waals surface area contributed by atoms with Crippen molar-refractivity contribution in [2.24, 2.45) is 4.99 Å². The van der Waals surface area contributed by atoms with E-state index < -0.39 is 10.0 Å². The highest BCUT2D eigenvalue weighted by Gasteiger charge is 2.13. The van der Waals surface area contributed by atoms with Crippen molar-refractivity contribution in [3.63, 3.8) is 0 Å². The zero-order valence-electron chi connectivity index (χ0n) is 15.6. The summed E-state index contributed by atoms with van der Waals surface area (Å²) in [5, 5.41) is 6.43. The molecule has 0 spiro atoms. The van der Waals surface area contributed by atoms with Gasteiger partial charge < -0.3 is 15.4 Å². The maximum Gasteiger partial charge on any atom is 0.213 e. The number of ether oxygens (including phenoxy) is 1. The summed E-state index contributed by atoms with van der Waals surface area (Å²) < 4.78 is 30.4. The van der Waals surface area contributed by atoms with Crippen molar-refractivity contribution in [3.05, 3.63) is 29.8 Å². The van der Waals surface area contributed by atoms with Crippen LogP contribution in [0.5, 0.6) is 5.75 Å². The van der Waals surface area contributed by atoms with Gasteiger partial charge in [-0.05, 0) is 26.3 Å². The maximum absolute atomic E-state index is 11.7. The van der Waals surface area contributed by atoms with Crippen LogP contribution >= 0.6 is 0 Å². The molecule has 0 heterocycles. The summed E-state index contributed by atoms with van der Waals surface area (Å²) in [5.41, 5.74) is 1.06. The van der Waals surface area contributed by atoms with Crippen molar-refractivity contribution in [1.82, 2.24) is 14.9 Å². The molecule has 7 nitrogen and oxygen atoms in total. The van der Waals surface area contributed by atoms with Crippen LogP contribution in [0.1, 0.15) is 25.8 Å². The van der Waals surface area contributed by atoms with Gasteiger partial charge in [0.05, 0.1) is 12.4 Å². The molecule has 142 valence electrons. The van der Waals surface area contributed by atoms with E-state index >= 15 is 0 Å². The van der Waals surface area contributed by atoms with Crippen LogP contribution in [0.25, 0.3) is 0 Å². The van der Waals surface area contributed by atoms with Gasteiger partial charge in [-0.3, -0.25) is 4.99 Å². The first-order valence-electron chi connectivity index (χ1n) is 8.53. The van der Waals surface area contributed by atoms with Crippen molar-refractivity contribution in [2.75, 3.05) is 39.5 Å². The summed E-state index contributed by atoms with van der Waals surface area (Å²) >= 11 is 0. The Morgan fingerprint density at radius 2 is 1.96 bits per heavy atom. The summed E-state index contributed by atoms with van der Waals surface area (Å²) in [6, 6.07) is 7.87. The number of para-hydroxylation sites is 1. The minimum atomic E-state index is -3.12. The lowest BCUT2D eigenvalue weighted by molar-refractivity contribution is 0.336. The first kappa shape index (κ1) is 21.2.